The molecule has 1 N–H and O–H groups in total. The summed E-state index contributed by atoms with van der Waals surface area (Å²) in [5.74, 6) is 5.76. The molecule has 0 aliphatic heterocycles. The lowest BCUT2D eigenvalue weighted by Gasteiger charge is -2.12. The van der Waals surface area contributed by atoms with Crippen molar-refractivity contribution in [2.45, 2.75) is 6.54 Å². The SMILES string of the molecule is CN(CC#CCNC(=O)c1cccc(C#N)c1)Cc1ccccc1. The smallest absolute Gasteiger partial charge is 0.252 e. The van der Waals surface area contributed by atoms with Crippen LogP contribution in [0.25, 0.3) is 0 Å². The van der Waals surface area contributed by atoms with Crippen LogP contribution in [-0.4, -0.2) is 30.9 Å². The summed E-state index contributed by atoms with van der Waals surface area (Å²) in [6.45, 7) is 1.76. The van der Waals surface area contributed by atoms with E-state index in [2.05, 4.69) is 34.2 Å². The molecule has 2 rings (SSSR count). The number of amides is 1. The Balaban J connectivity index is 1.75. The summed E-state index contributed by atoms with van der Waals surface area (Å²) in [4.78, 5) is 14.1. The second kappa shape index (κ2) is 9.15. The average Bonchev–Trinajstić information content (AvgIpc) is 2.62. The summed E-state index contributed by atoms with van der Waals surface area (Å²) < 4.78 is 0. The lowest BCUT2D eigenvalue weighted by atomic mass is 10.1. The van der Waals surface area contributed by atoms with Crippen LogP contribution in [0.15, 0.2) is 54.6 Å². The van der Waals surface area contributed by atoms with Crippen molar-refractivity contribution in [3.63, 3.8) is 0 Å². The minimum Gasteiger partial charge on any atom is -0.341 e. The van der Waals surface area contributed by atoms with Crippen molar-refractivity contribution in [3.8, 4) is 17.9 Å². The maximum absolute atomic E-state index is 12.0. The standard InChI is InChI=1S/C20H19N3O/c1-23(16-17-8-3-2-4-9-17)13-6-5-12-22-20(24)19-11-7-10-18(14-19)15-21/h2-4,7-11,14H,12-13,16H2,1H3,(H,22,24). The van der Waals surface area contributed by atoms with Crippen molar-refractivity contribution in [3.05, 3.63) is 71.3 Å². The van der Waals surface area contributed by atoms with Gasteiger partial charge in [-0.15, -0.1) is 0 Å². The molecule has 0 saturated heterocycles. The topological polar surface area (TPSA) is 56.1 Å². The molecule has 24 heavy (non-hydrogen) atoms. The van der Waals surface area contributed by atoms with E-state index in [0.29, 0.717) is 17.7 Å². The minimum absolute atomic E-state index is 0.223. The first-order valence-corrected chi connectivity index (χ1v) is 7.65. The second-order valence-electron chi connectivity index (χ2n) is 5.39. The van der Waals surface area contributed by atoms with E-state index in [1.807, 2.05) is 31.3 Å². The van der Waals surface area contributed by atoms with E-state index in [0.717, 1.165) is 6.54 Å². The Bertz CT molecular complexity index is 782. The predicted molar refractivity (Wildman–Crippen MR) is 94.0 cm³/mol. The molecule has 0 aliphatic carbocycles. The number of hydrogen-bond donors (Lipinski definition) is 1. The van der Waals surface area contributed by atoms with Crippen LogP contribution < -0.4 is 5.32 Å². The monoisotopic (exact) mass is 317 g/mol. The van der Waals surface area contributed by atoms with Gasteiger partial charge in [0.1, 0.15) is 0 Å². The number of hydrogen-bond acceptors (Lipinski definition) is 3. The van der Waals surface area contributed by atoms with Crippen LogP contribution in [0, 0.1) is 23.2 Å². The molecule has 1 amide bonds. The van der Waals surface area contributed by atoms with E-state index in [-0.39, 0.29) is 12.5 Å². The fraction of sp³-hybridized carbons (Fsp3) is 0.200. The van der Waals surface area contributed by atoms with Gasteiger partial charge < -0.3 is 5.32 Å². The van der Waals surface area contributed by atoms with Gasteiger partial charge in [0.05, 0.1) is 24.7 Å². The highest BCUT2D eigenvalue weighted by Gasteiger charge is 2.04. The molecule has 0 heterocycles. The number of nitriles is 1. The van der Waals surface area contributed by atoms with Gasteiger partial charge in [0.15, 0.2) is 0 Å². The maximum Gasteiger partial charge on any atom is 0.252 e. The van der Waals surface area contributed by atoms with Crippen molar-refractivity contribution in [1.82, 2.24) is 10.2 Å². The summed E-state index contributed by atoms with van der Waals surface area (Å²) in [7, 11) is 2.01. The highest BCUT2D eigenvalue weighted by Crippen LogP contribution is 2.03. The third kappa shape index (κ3) is 5.61. The maximum atomic E-state index is 12.0. The van der Waals surface area contributed by atoms with Gasteiger partial charge in [-0.3, -0.25) is 9.69 Å². The summed E-state index contributed by atoms with van der Waals surface area (Å²) >= 11 is 0. The lowest BCUT2D eigenvalue weighted by molar-refractivity contribution is 0.0958. The molecule has 0 bridgehead atoms. The van der Waals surface area contributed by atoms with Gasteiger partial charge in [0.2, 0.25) is 0 Å². The van der Waals surface area contributed by atoms with E-state index in [1.165, 1.54) is 5.56 Å². The normalized spacial score (nSPS) is 9.71. The van der Waals surface area contributed by atoms with E-state index < -0.39 is 0 Å². The Morgan fingerprint density at radius 3 is 2.67 bits per heavy atom. The Kier molecular flexibility index (Phi) is 6.58. The highest BCUT2D eigenvalue weighted by molar-refractivity contribution is 5.94. The number of nitrogens with one attached hydrogen (secondary N) is 1. The Hall–Kier alpha value is -3.08. The number of carbonyl (C=O) groups is 1. The molecular formula is C20H19N3O. The Morgan fingerprint density at radius 2 is 1.92 bits per heavy atom. The van der Waals surface area contributed by atoms with Crippen molar-refractivity contribution in [2.75, 3.05) is 20.1 Å². The zero-order valence-electron chi connectivity index (χ0n) is 13.6. The summed E-state index contributed by atoms with van der Waals surface area (Å²) in [6.07, 6.45) is 0. The number of carbonyl (C=O) groups excluding carboxylic acids is 1. The van der Waals surface area contributed by atoms with Gasteiger partial charge in [0, 0.05) is 12.1 Å². The molecule has 4 nitrogen and oxygen atoms in total. The van der Waals surface area contributed by atoms with E-state index in [4.69, 9.17) is 5.26 Å². The van der Waals surface area contributed by atoms with E-state index in [1.54, 1.807) is 24.3 Å². The van der Waals surface area contributed by atoms with Crippen molar-refractivity contribution >= 4 is 5.91 Å². The largest absolute Gasteiger partial charge is 0.341 e. The van der Waals surface area contributed by atoms with Gasteiger partial charge in [-0.25, -0.2) is 0 Å². The van der Waals surface area contributed by atoms with Crippen LogP contribution in [0.2, 0.25) is 0 Å². The quantitative estimate of drug-likeness (QED) is 0.862. The average molecular weight is 317 g/mol. The van der Waals surface area contributed by atoms with Crippen molar-refractivity contribution in [1.29, 1.82) is 5.26 Å². The Morgan fingerprint density at radius 1 is 1.12 bits per heavy atom. The zero-order chi connectivity index (χ0) is 17.2. The van der Waals surface area contributed by atoms with Crippen LogP contribution in [0.3, 0.4) is 0 Å². The first-order chi connectivity index (χ1) is 11.7. The number of rotatable bonds is 5. The predicted octanol–water partition coefficient (Wildman–Crippen LogP) is 2.42. The summed E-state index contributed by atoms with van der Waals surface area (Å²) in [5, 5.41) is 11.6. The van der Waals surface area contributed by atoms with Gasteiger partial charge in [0.25, 0.3) is 5.91 Å². The second-order valence-corrected chi connectivity index (χ2v) is 5.39. The molecule has 120 valence electrons. The van der Waals surface area contributed by atoms with Gasteiger partial charge in [-0.05, 0) is 30.8 Å². The molecule has 0 aliphatic rings. The molecule has 0 spiro atoms. The van der Waals surface area contributed by atoms with E-state index in [9.17, 15) is 4.79 Å². The van der Waals surface area contributed by atoms with Gasteiger partial charge in [-0.2, -0.15) is 5.26 Å². The van der Waals surface area contributed by atoms with Crippen molar-refractivity contribution in [2.24, 2.45) is 0 Å². The summed E-state index contributed by atoms with van der Waals surface area (Å²) in [6, 6.07) is 18.8. The third-order valence-electron chi connectivity index (χ3n) is 3.36. The lowest BCUT2D eigenvalue weighted by Crippen LogP contribution is -2.24. The van der Waals surface area contributed by atoms with Crippen LogP contribution in [0.1, 0.15) is 21.5 Å². The first-order valence-electron chi connectivity index (χ1n) is 7.65. The van der Waals surface area contributed by atoms with Crippen LogP contribution in [0.4, 0.5) is 0 Å². The Labute approximate surface area is 142 Å². The molecule has 0 fully saturated rings. The molecule has 2 aromatic carbocycles. The zero-order valence-corrected chi connectivity index (χ0v) is 13.6. The van der Waals surface area contributed by atoms with Crippen molar-refractivity contribution < 1.29 is 4.79 Å². The number of benzene rings is 2. The molecule has 0 atom stereocenters. The third-order valence-corrected chi connectivity index (χ3v) is 3.36. The molecule has 0 aromatic heterocycles. The van der Waals surface area contributed by atoms with Gasteiger partial charge in [-0.1, -0.05) is 48.2 Å². The van der Waals surface area contributed by atoms with Crippen LogP contribution >= 0.6 is 0 Å². The highest BCUT2D eigenvalue weighted by atomic mass is 16.1. The molecule has 0 unspecified atom stereocenters. The molecular weight excluding hydrogens is 298 g/mol. The van der Waals surface area contributed by atoms with Crippen LogP contribution in [-0.2, 0) is 6.54 Å². The van der Waals surface area contributed by atoms with Gasteiger partial charge >= 0.3 is 0 Å². The van der Waals surface area contributed by atoms with Crippen LogP contribution in [0.5, 0.6) is 0 Å². The fourth-order valence-corrected chi connectivity index (χ4v) is 2.16. The molecule has 4 heteroatoms. The summed E-state index contributed by atoms with van der Waals surface area (Å²) in [5.41, 5.74) is 2.18. The fourth-order valence-electron chi connectivity index (χ4n) is 2.16. The molecule has 2 aromatic rings. The molecule has 0 saturated carbocycles. The first kappa shape index (κ1) is 17.3. The number of nitrogens with zero attached hydrogens (tertiary/aromatic N) is 2. The molecule has 0 radical (unpaired) electrons. The van der Waals surface area contributed by atoms with E-state index >= 15 is 0 Å². The minimum atomic E-state index is -0.223.